The van der Waals surface area contributed by atoms with Gasteiger partial charge in [-0.1, -0.05) is 23.7 Å². The van der Waals surface area contributed by atoms with E-state index >= 15 is 0 Å². The maximum absolute atomic E-state index is 10.1. The van der Waals surface area contributed by atoms with E-state index in [1.807, 2.05) is 13.8 Å². The minimum atomic E-state index is -0.888. The number of aliphatic hydroxyl groups is 1. The number of fused-ring (bicyclic) bond motifs is 1. The first-order chi connectivity index (χ1) is 9.19. The number of benzene rings is 1. The molecule has 0 amide bonds. The maximum Gasteiger partial charge on any atom is 0.330 e. The van der Waals surface area contributed by atoms with Crippen LogP contribution in [0.3, 0.4) is 0 Å². The molecule has 1 aromatic carbocycles. The average Bonchev–Trinajstić information content (AvgIpc) is 2.35. The molecule has 1 N–H and O–H groups in total. The van der Waals surface area contributed by atoms with Crippen molar-refractivity contribution in [1.29, 1.82) is 0 Å². The Kier molecular flexibility index (Phi) is 4.28. The van der Waals surface area contributed by atoms with E-state index in [-0.39, 0.29) is 0 Å². The topological polar surface area (TPSA) is 32.7 Å². The van der Waals surface area contributed by atoms with Crippen molar-refractivity contribution < 1.29 is 9.76 Å². The van der Waals surface area contributed by atoms with Gasteiger partial charge in [-0.2, -0.15) is 0 Å². The molecule has 1 radical (unpaired) electrons. The van der Waals surface area contributed by atoms with Crippen LogP contribution >= 0.6 is 0 Å². The Morgan fingerprint density at radius 2 is 1.90 bits per heavy atom. The number of hydrogen-bond acceptors (Lipinski definition) is 3. The fourth-order valence-electron chi connectivity index (χ4n) is 2.15. The lowest BCUT2D eigenvalue weighted by Gasteiger charge is -2.37. The van der Waals surface area contributed by atoms with E-state index in [0.717, 1.165) is 25.0 Å². The molecule has 20 heavy (non-hydrogen) atoms. The summed E-state index contributed by atoms with van der Waals surface area (Å²) in [6.45, 7) is 9.46. The van der Waals surface area contributed by atoms with E-state index in [1.54, 1.807) is 21.3 Å². The molecular weight excluding hydrogens is 249 g/mol. The number of likely N-dealkylation sites (N-methyl/N-ethyl adjacent to an activating group) is 1. The van der Waals surface area contributed by atoms with Crippen LogP contribution in [0.25, 0.3) is 0 Å². The molecule has 0 bridgehead atoms. The Balaban J connectivity index is 2.05. The monoisotopic (exact) mass is 274 g/mol. The van der Waals surface area contributed by atoms with E-state index in [1.165, 1.54) is 11.1 Å². The molecule has 1 aromatic rings. The third-order valence-corrected chi connectivity index (χ3v) is 4.40. The molecule has 3 nitrogen and oxygen atoms in total. The number of nitrogens with zero attached hydrogens (tertiary/aromatic N) is 1. The van der Waals surface area contributed by atoms with Gasteiger partial charge in [-0.25, -0.2) is 0 Å². The Morgan fingerprint density at radius 1 is 1.20 bits per heavy atom. The standard InChI is InChI=1S/C16H25BNO2/c1-15(2,19)16(3,4)20-17-14-7-6-13-11-18(5)9-8-12(13)10-14/h6-7,10,19H,8-9,11H2,1-5H3. The molecule has 0 atom stereocenters. The number of hydrogen-bond donors (Lipinski definition) is 1. The van der Waals surface area contributed by atoms with Crippen LogP contribution in [0, 0.1) is 0 Å². The third-order valence-electron chi connectivity index (χ3n) is 4.40. The zero-order chi connectivity index (χ0) is 15.0. The molecule has 2 rings (SSSR count). The maximum atomic E-state index is 10.1. The van der Waals surface area contributed by atoms with Crippen molar-refractivity contribution in [2.45, 2.75) is 51.9 Å². The van der Waals surface area contributed by atoms with Gasteiger partial charge < -0.3 is 14.7 Å². The lowest BCUT2D eigenvalue weighted by Crippen LogP contribution is -2.49. The molecule has 0 fully saturated rings. The highest BCUT2D eigenvalue weighted by Crippen LogP contribution is 2.24. The predicted molar refractivity (Wildman–Crippen MR) is 83.3 cm³/mol. The normalized spacial score (nSPS) is 16.9. The zero-order valence-electron chi connectivity index (χ0n) is 13.2. The van der Waals surface area contributed by atoms with Crippen LogP contribution in [-0.4, -0.2) is 42.3 Å². The molecule has 0 spiro atoms. The van der Waals surface area contributed by atoms with Crippen LogP contribution in [0.5, 0.6) is 0 Å². The summed E-state index contributed by atoms with van der Waals surface area (Å²) < 4.78 is 5.81. The molecule has 0 aromatic heterocycles. The SMILES string of the molecule is CN1CCc2cc([B]OC(C)(C)C(C)(C)O)ccc2C1. The van der Waals surface area contributed by atoms with Crippen LogP contribution in [0.15, 0.2) is 18.2 Å². The second-order valence-electron chi connectivity index (χ2n) is 6.82. The lowest BCUT2D eigenvalue weighted by atomic mass is 9.81. The summed E-state index contributed by atoms with van der Waals surface area (Å²) in [5.74, 6) is 0. The second-order valence-corrected chi connectivity index (χ2v) is 6.82. The Morgan fingerprint density at radius 3 is 2.55 bits per heavy atom. The zero-order valence-corrected chi connectivity index (χ0v) is 13.2. The first kappa shape index (κ1) is 15.6. The summed E-state index contributed by atoms with van der Waals surface area (Å²) in [6, 6.07) is 6.46. The molecule has 4 heteroatoms. The Labute approximate surface area is 123 Å². The van der Waals surface area contributed by atoms with E-state index < -0.39 is 11.2 Å². The lowest BCUT2D eigenvalue weighted by molar-refractivity contribution is -0.0893. The predicted octanol–water partition coefficient (Wildman–Crippen LogP) is 1.49. The van der Waals surface area contributed by atoms with Gasteiger partial charge in [0.2, 0.25) is 0 Å². The van der Waals surface area contributed by atoms with Crippen molar-refractivity contribution in [3.8, 4) is 0 Å². The first-order valence-corrected chi connectivity index (χ1v) is 7.23. The molecule has 1 aliphatic rings. The molecule has 0 aliphatic carbocycles. The highest BCUT2D eigenvalue weighted by molar-refractivity contribution is 6.47. The minimum absolute atomic E-state index is 0.622. The van der Waals surface area contributed by atoms with Crippen LogP contribution in [0.1, 0.15) is 38.8 Å². The first-order valence-electron chi connectivity index (χ1n) is 7.23. The van der Waals surface area contributed by atoms with Crippen molar-refractivity contribution in [2.24, 2.45) is 0 Å². The molecule has 0 saturated heterocycles. The van der Waals surface area contributed by atoms with Crippen molar-refractivity contribution in [1.82, 2.24) is 4.90 Å². The van der Waals surface area contributed by atoms with Gasteiger partial charge in [0.05, 0.1) is 11.2 Å². The highest BCUT2D eigenvalue weighted by Gasteiger charge is 2.35. The Bertz CT molecular complexity index is 480. The summed E-state index contributed by atoms with van der Waals surface area (Å²) >= 11 is 0. The molecule has 0 unspecified atom stereocenters. The third kappa shape index (κ3) is 3.43. The largest absolute Gasteiger partial charge is 0.427 e. The summed E-state index contributed by atoms with van der Waals surface area (Å²) in [5.41, 5.74) is 2.36. The van der Waals surface area contributed by atoms with Crippen molar-refractivity contribution in [2.75, 3.05) is 13.6 Å². The van der Waals surface area contributed by atoms with Gasteiger partial charge in [-0.3, -0.25) is 0 Å². The van der Waals surface area contributed by atoms with Gasteiger partial charge in [-0.15, -0.1) is 0 Å². The molecule has 1 aliphatic heterocycles. The fraction of sp³-hybridized carbons (Fsp3) is 0.625. The van der Waals surface area contributed by atoms with Crippen molar-refractivity contribution >= 4 is 12.9 Å². The summed E-state index contributed by atoms with van der Waals surface area (Å²) in [6.07, 6.45) is 1.09. The smallest absolute Gasteiger partial charge is 0.330 e. The van der Waals surface area contributed by atoms with Crippen LogP contribution < -0.4 is 5.46 Å². The van der Waals surface area contributed by atoms with E-state index in [0.29, 0.717) is 0 Å². The van der Waals surface area contributed by atoms with Crippen molar-refractivity contribution in [3.63, 3.8) is 0 Å². The second kappa shape index (κ2) is 5.51. The van der Waals surface area contributed by atoms with E-state index in [9.17, 15) is 5.11 Å². The number of rotatable bonds is 4. The van der Waals surface area contributed by atoms with E-state index in [2.05, 4.69) is 30.1 Å². The van der Waals surface area contributed by atoms with Crippen LogP contribution in [0.4, 0.5) is 0 Å². The van der Waals surface area contributed by atoms with Gasteiger partial charge in [0, 0.05) is 13.1 Å². The quantitative estimate of drug-likeness (QED) is 0.844. The molecule has 1 heterocycles. The van der Waals surface area contributed by atoms with Gasteiger partial charge in [0.25, 0.3) is 0 Å². The van der Waals surface area contributed by atoms with Crippen LogP contribution in [0.2, 0.25) is 0 Å². The van der Waals surface area contributed by atoms with Gasteiger partial charge >= 0.3 is 7.48 Å². The Hall–Kier alpha value is -0.835. The van der Waals surface area contributed by atoms with Gasteiger partial charge in [-0.05, 0) is 52.3 Å². The molecule has 109 valence electrons. The summed E-state index contributed by atoms with van der Waals surface area (Å²) in [5, 5.41) is 10.1. The van der Waals surface area contributed by atoms with Gasteiger partial charge in [0.1, 0.15) is 0 Å². The van der Waals surface area contributed by atoms with Crippen molar-refractivity contribution in [3.05, 3.63) is 29.3 Å². The van der Waals surface area contributed by atoms with Gasteiger partial charge in [0.15, 0.2) is 0 Å². The summed E-state index contributed by atoms with van der Waals surface area (Å²) in [7, 11) is 3.91. The molecular formula is C16H25BNO2. The van der Waals surface area contributed by atoms with E-state index in [4.69, 9.17) is 4.65 Å². The van der Waals surface area contributed by atoms with Crippen LogP contribution in [-0.2, 0) is 17.6 Å². The minimum Gasteiger partial charge on any atom is -0.427 e. The average molecular weight is 274 g/mol. The summed E-state index contributed by atoms with van der Waals surface area (Å²) in [4.78, 5) is 2.33. The molecule has 0 saturated carbocycles. The fourth-order valence-corrected chi connectivity index (χ4v) is 2.15. The highest BCUT2D eigenvalue weighted by atomic mass is 16.5.